The monoisotopic (exact) mass is 346 g/mol. The van der Waals surface area contributed by atoms with Gasteiger partial charge in [-0.05, 0) is 47.4 Å². The van der Waals surface area contributed by atoms with E-state index in [-0.39, 0.29) is 10.6 Å². The number of hydrogen-bond acceptors (Lipinski definition) is 3. The molecule has 2 rings (SSSR count). The molecule has 1 aliphatic carbocycles. The largest absolute Gasteiger partial charge is 0.384 e. The lowest BCUT2D eigenvalue weighted by Gasteiger charge is -2.12. The number of nitrogens with one attached hydrogen (secondary N) is 1. The second-order valence-corrected chi connectivity index (χ2v) is 5.61. The second kappa shape index (κ2) is 5.66. The van der Waals surface area contributed by atoms with Gasteiger partial charge < -0.3 is 5.32 Å². The lowest BCUT2D eigenvalue weighted by molar-refractivity contribution is -0.384. The highest BCUT2D eigenvalue weighted by Gasteiger charge is 2.15. The van der Waals surface area contributed by atoms with Crippen LogP contribution in [0.5, 0.6) is 0 Å². The molecular formula is C12H15IN2O2. The van der Waals surface area contributed by atoms with Gasteiger partial charge in [-0.25, -0.2) is 0 Å². The van der Waals surface area contributed by atoms with Crippen molar-refractivity contribution in [3.8, 4) is 0 Å². The molecule has 0 aromatic heterocycles. The molecule has 0 amide bonds. The smallest absolute Gasteiger partial charge is 0.270 e. The molecule has 0 heterocycles. The highest BCUT2D eigenvalue weighted by atomic mass is 127. The Kier molecular flexibility index (Phi) is 4.20. The Balaban J connectivity index is 1.98. The third-order valence-electron chi connectivity index (χ3n) is 3.22. The summed E-state index contributed by atoms with van der Waals surface area (Å²) in [6, 6.07) is 4.96. The second-order valence-electron chi connectivity index (χ2n) is 4.45. The lowest BCUT2D eigenvalue weighted by atomic mass is 10.1. The van der Waals surface area contributed by atoms with Gasteiger partial charge in [-0.3, -0.25) is 10.1 Å². The third kappa shape index (κ3) is 3.31. The van der Waals surface area contributed by atoms with E-state index < -0.39 is 0 Å². The van der Waals surface area contributed by atoms with Gasteiger partial charge in [0.1, 0.15) is 0 Å². The van der Waals surface area contributed by atoms with E-state index in [9.17, 15) is 10.1 Å². The van der Waals surface area contributed by atoms with Crippen molar-refractivity contribution in [3.63, 3.8) is 0 Å². The Bertz CT molecular complexity index is 417. The molecule has 0 unspecified atom stereocenters. The fraction of sp³-hybridized carbons (Fsp3) is 0.500. The summed E-state index contributed by atoms with van der Waals surface area (Å²) in [5.74, 6) is 0.765. The number of nitro groups is 1. The average molecular weight is 346 g/mol. The molecule has 0 aliphatic heterocycles. The van der Waals surface area contributed by atoms with E-state index in [1.807, 2.05) is 0 Å². The maximum atomic E-state index is 10.6. The summed E-state index contributed by atoms with van der Waals surface area (Å²) in [6.07, 6.45) is 5.28. The maximum absolute atomic E-state index is 10.6. The minimum Gasteiger partial charge on any atom is -0.384 e. The molecule has 4 nitrogen and oxygen atoms in total. The van der Waals surface area contributed by atoms with Gasteiger partial charge in [0.25, 0.3) is 5.69 Å². The summed E-state index contributed by atoms with van der Waals surface area (Å²) >= 11 is 2.14. The minimum absolute atomic E-state index is 0.154. The van der Waals surface area contributed by atoms with Crippen LogP contribution in [0.2, 0.25) is 0 Å². The van der Waals surface area contributed by atoms with E-state index in [0.29, 0.717) is 0 Å². The van der Waals surface area contributed by atoms with E-state index in [4.69, 9.17) is 0 Å². The Morgan fingerprint density at radius 2 is 2.12 bits per heavy atom. The van der Waals surface area contributed by atoms with Crippen LogP contribution < -0.4 is 5.32 Å². The molecular weight excluding hydrogens is 331 g/mol. The van der Waals surface area contributed by atoms with E-state index in [0.717, 1.165) is 21.7 Å². The first kappa shape index (κ1) is 12.6. The normalized spacial score (nSPS) is 16.1. The molecule has 0 bridgehead atoms. The first-order valence-electron chi connectivity index (χ1n) is 5.84. The molecule has 1 aromatic carbocycles. The Hall–Kier alpha value is -0.850. The fourth-order valence-corrected chi connectivity index (χ4v) is 2.92. The molecule has 1 saturated carbocycles. The number of non-ortho nitro benzene ring substituents is 1. The average Bonchev–Trinajstić information content (AvgIpc) is 2.80. The summed E-state index contributed by atoms with van der Waals surface area (Å²) in [5, 5.41) is 14.0. The van der Waals surface area contributed by atoms with Crippen molar-refractivity contribution in [1.29, 1.82) is 0 Å². The molecule has 0 atom stereocenters. The van der Waals surface area contributed by atoms with Crippen molar-refractivity contribution in [3.05, 3.63) is 31.9 Å². The van der Waals surface area contributed by atoms with E-state index >= 15 is 0 Å². The molecule has 0 radical (unpaired) electrons. The number of hydrogen-bond donors (Lipinski definition) is 1. The van der Waals surface area contributed by atoms with Gasteiger partial charge in [0, 0.05) is 27.9 Å². The quantitative estimate of drug-likeness (QED) is 0.513. The number of anilines is 1. The third-order valence-corrected chi connectivity index (χ3v) is 4.11. The van der Waals surface area contributed by atoms with Crippen LogP contribution in [0.3, 0.4) is 0 Å². The lowest BCUT2D eigenvalue weighted by Crippen LogP contribution is -2.11. The van der Waals surface area contributed by atoms with Crippen molar-refractivity contribution in [2.75, 3.05) is 11.9 Å². The van der Waals surface area contributed by atoms with Gasteiger partial charge in [-0.15, -0.1) is 0 Å². The summed E-state index contributed by atoms with van der Waals surface area (Å²) in [4.78, 5) is 10.3. The highest BCUT2D eigenvalue weighted by Crippen LogP contribution is 2.27. The van der Waals surface area contributed by atoms with Crippen molar-refractivity contribution < 1.29 is 4.92 Å². The van der Waals surface area contributed by atoms with Crippen LogP contribution in [0.15, 0.2) is 18.2 Å². The first-order chi connectivity index (χ1) is 8.16. The van der Waals surface area contributed by atoms with Gasteiger partial charge >= 0.3 is 0 Å². The van der Waals surface area contributed by atoms with Crippen molar-refractivity contribution >= 4 is 34.0 Å². The molecule has 1 aliphatic rings. The topological polar surface area (TPSA) is 55.2 Å². The van der Waals surface area contributed by atoms with E-state index in [1.54, 1.807) is 18.2 Å². The fourth-order valence-electron chi connectivity index (χ4n) is 2.23. The number of nitrogens with zero attached hydrogens (tertiary/aromatic N) is 1. The zero-order chi connectivity index (χ0) is 12.3. The summed E-state index contributed by atoms with van der Waals surface area (Å²) < 4.78 is 0.912. The predicted molar refractivity (Wildman–Crippen MR) is 76.3 cm³/mol. The van der Waals surface area contributed by atoms with Crippen molar-refractivity contribution in [2.24, 2.45) is 5.92 Å². The Labute approximate surface area is 114 Å². The van der Waals surface area contributed by atoms with E-state index in [1.165, 1.54) is 25.7 Å². The van der Waals surface area contributed by atoms with Crippen LogP contribution in [0.4, 0.5) is 11.4 Å². The number of halogens is 1. The molecule has 92 valence electrons. The van der Waals surface area contributed by atoms with Crippen LogP contribution in [0.1, 0.15) is 25.7 Å². The van der Waals surface area contributed by atoms with Crippen molar-refractivity contribution in [1.82, 2.24) is 0 Å². The van der Waals surface area contributed by atoms with Gasteiger partial charge in [0.05, 0.1) is 4.92 Å². The minimum atomic E-state index is -0.358. The van der Waals surface area contributed by atoms with Crippen LogP contribution >= 0.6 is 22.6 Å². The molecule has 17 heavy (non-hydrogen) atoms. The summed E-state index contributed by atoms with van der Waals surface area (Å²) in [7, 11) is 0. The highest BCUT2D eigenvalue weighted by molar-refractivity contribution is 14.1. The van der Waals surface area contributed by atoms with E-state index in [2.05, 4.69) is 27.9 Å². The van der Waals surface area contributed by atoms with Crippen LogP contribution in [0, 0.1) is 19.6 Å². The summed E-state index contributed by atoms with van der Waals surface area (Å²) in [6.45, 7) is 0.980. The Morgan fingerprint density at radius 1 is 1.41 bits per heavy atom. The van der Waals surface area contributed by atoms with Crippen LogP contribution in [0.25, 0.3) is 0 Å². The van der Waals surface area contributed by atoms with Gasteiger partial charge in [0.15, 0.2) is 0 Å². The Morgan fingerprint density at radius 3 is 2.71 bits per heavy atom. The van der Waals surface area contributed by atoms with Crippen molar-refractivity contribution in [2.45, 2.75) is 25.7 Å². The predicted octanol–water partition coefficient (Wildman–Crippen LogP) is 3.80. The molecule has 0 saturated heterocycles. The van der Waals surface area contributed by atoms with Crippen LogP contribution in [-0.4, -0.2) is 11.5 Å². The molecule has 1 aromatic rings. The molecule has 1 fully saturated rings. The van der Waals surface area contributed by atoms with Gasteiger partial charge in [-0.1, -0.05) is 12.8 Å². The first-order valence-corrected chi connectivity index (χ1v) is 6.92. The molecule has 0 spiro atoms. The van der Waals surface area contributed by atoms with Gasteiger partial charge in [-0.2, -0.15) is 0 Å². The zero-order valence-corrected chi connectivity index (χ0v) is 11.6. The standard InChI is InChI=1S/C12H15IN2O2/c13-11-7-10(15(16)17)5-6-12(11)14-8-9-3-1-2-4-9/h5-7,9,14H,1-4,8H2. The number of rotatable bonds is 4. The van der Waals surface area contributed by atoms with Crippen LogP contribution in [-0.2, 0) is 0 Å². The number of nitro benzene ring substituents is 1. The zero-order valence-electron chi connectivity index (χ0n) is 9.49. The molecule has 5 heteroatoms. The van der Waals surface area contributed by atoms with Gasteiger partial charge in [0.2, 0.25) is 0 Å². The SMILES string of the molecule is O=[N+]([O-])c1ccc(NCC2CCCC2)c(I)c1. The summed E-state index contributed by atoms with van der Waals surface area (Å²) in [5.41, 5.74) is 1.16. The molecule has 1 N–H and O–H groups in total. The maximum Gasteiger partial charge on any atom is 0.270 e. The number of benzene rings is 1.